The Labute approximate surface area is 91.5 Å². The highest BCUT2D eigenvalue weighted by atomic mass is 16.4. The normalized spacial score (nSPS) is 12.1. The molecule has 0 spiro atoms. The lowest BCUT2D eigenvalue weighted by molar-refractivity contribution is -0.307. The summed E-state index contributed by atoms with van der Waals surface area (Å²) in [5, 5.41) is 19.6. The van der Waals surface area contributed by atoms with Crippen LogP contribution in [0.5, 0.6) is 5.75 Å². The second kappa shape index (κ2) is 4.63. The van der Waals surface area contributed by atoms with Gasteiger partial charge in [0.1, 0.15) is 5.75 Å². The van der Waals surface area contributed by atoms with Gasteiger partial charge in [-0.15, -0.1) is 0 Å². The van der Waals surface area contributed by atoms with Gasteiger partial charge in [0.15, 0.2) is 5.78 Å². The molecule has 0 saturated heterocycles. The van der Waals surface area contributed by atoms with Crippen LogP contribution in [0.25, 0.3) is 0 Å². The van der Waals surface area contributed by atoms with Crippen molar-refractivity contribution >= 4 is 17.4 Å². The fraction of sp³-hybridized carbons (Fsp3) is 0.200. The van der Waals surface area contributed by atoms with E-state index in [2.05, 4.69) is 0 Å². The molecule has 0 unspecified atom stereocenters. The number of carbonyl (C=O) groups is 2. The van der Waals surface area contributed by atoms with E-state index in [-0.39, 0.29) is 17.0 Å². The van der Waals surface area contributed by atoms with Crippen molar-refractivity contribution in [3.63, 3.8) is 0 Å². The maximum atomic E-state index is 11.6. The number of ketones is 1. The largest absolute Gasteiger partial charge is 0.548 e. The van der Waals surface area contributed by atoms with Gasteiger partial charge in [-0.25, -0.2) is 0 Å². The van der Waals surface area contributed by atoms with Crippen molar-refractivity contribution in [1.29, 1.82) is 0 Å². The second-order valence-electron chi connectivity index (χ2n) is 3.29. The van der Waals surface area contributed by atoms with Crippen LogP contribution in [-0.2, 0) is 4.79 Å². The van der Waals surface area contributed by atoms with Crippen molar-refractivity contribution in [3.05, 3.63) is 23.8 Å². The molecule has 5 N–H and O–H groups in total. The fourth-order valence-electron chi connectivity index (χ4n) is 1.19. The smallest absolute Gasteiger partial charge is 0.167 e. The van der Waals surface area contributed by atoms with Crippen LogP contribution in [0.15, 0.2) is 18.2 Å². The number of benzene rings is 1. The number of nitrogens with two attached hydrogens (primary N) is 2. The molecule has 0 bridgehead atoms. The topological polar surface area (TPSA) is 129 Å². The number of hydrogen-bond donors (Lipinski definition) is 3. The number of nitrogen functional groups attached to an aromatic ring is 1. The van der Waals surface area contributed by atoms with Gasteiger partial charge in [-0.3, -0.25) is 4.79 Å². The predicted octanol–water partition coefficient (Wildman–Crippen LogP) is -1.38. The van der Waals surface area contributed by atoms with Crippen LogP contribution in [-0.4, -0.2) is 22.9 Å². The van der Waals surface area contributed by atoms with Gasteiger partial charge in [-0.2, -0.15) is 0 Å². The summed E-state index contributed by atoms with van der Waals surface area (Å²) >= 11 is 0. The van der Waals surface area contributed by atoms with Crippen LogP contribution in [0.2, 0.25) is 0 Å². The number of Topliss-reactive ketones (excluding diaryl/α,β-unsaturated/α-hetero) is 1. The zero-order chi connectivity index (χ0) is 12.3. The van der Waals surface area contributed by atoms with Gasteiger partial charge < -0.3 is 26.5 Å². The Kier molecular flexibility index (Phi) is 3.47. The van der Waals surface area contributed by atoms with E-state index in [0.717, 1.165) is 0 Å². The van der Waals surface area contributed by atoms with Crippen molar-refractivity contribution in [2.75, 3.05) is 5.73 Å². The minimum atomic E-state index is -1.51. The van der Waals surface area contributed by atoms with E-state index in [0.29, 0.717) is 0 Å². The third kappa shape index (κ3) is 2.48. The maximum absolute atomic E-state index is 11.6. The molecule has 0 aliphatic carbocycles. The molecule has 0 aromatic heterocycles. The number of aromatic hydroxyl groups is 1. The van der Waals surface area contributed by atoms with Crippen LogP contribution >= 0.6 is 0 Å². The summed E-state index contributed by atoms with van der Waals surface area (Å²) in [4.78, 5) is 21.9. The quantitative estimate of drug-likeness (QED) is 0.328. The Morgan fingerprint density at radius 3 is 2.62 bits per heavy atom. The Bertz CT molecular complexity index is 431. The van der Waals surface area contributed by atoms with E-state index in [9.17, 15) is 19.8 Å². The predicted molar refractivity (Wildman–Crippen MR) is 54.4 cm³/mol. The lowest BCUT2D eigenvalue weighted by atomic mass is 10.0. The van der Waals surface area contributed by atoms with E-state index < -0.39 is 24.2 Å². The van der Waals surface area contributed by atoms with Gasteiger partial charge in [-0.05, 0) is 12.1 Å². The Hall–Kier alpha value is -2.08. The zero-order valence-corrected chi connectivity index (χ0v) is 8.34. The summed E-state index contributed by atoms with van der Waals surface area (Å²) < 4.78 is 0. The van der Waals surface area contributed by atoms with Crippen LogP contribution in [0.1, 0.15) is 16.8 Å². The van der Waals surface area contributed by atoms with Crippen molar-refractivity contribution < 1.29 is 19.8 Å². The second-order valence-corrected chi connectivity index (χ2v) is 3.29. The number of phenols is 1. The zero-order valence-electron chi connectivity index (χ0n) is 8.34. The summed E-state index contributed by atoms with van der Waals surface area (Å²) in [6.07, 6.45) is -0.421. The van der Waals surface area contributed by atoms with Crippen LogP contribution in [0.4, 0.5) is 5.69 Å². The van der Waals surface area contributed by atoms with Gasteiger partial charge in [0.2, 0.25) is 0 Å². The average molecular weight is 223 g/mol. The first-order chi connectivity index (χ1) is 7.43. The van der Waals surface area contributed by atoms with Crippen LogP contribution in [0.3, 0.4) is 0 Å². The fourth-order valence-corrected chi connectivity index (χ4v) is 1.19. The summed E-state index contributed by atoms with van der Waals surface area (Å²) in [6.45, 7) is 0. The molecule has 1 atom stereocenters. The number of anilines is 1. The number of phenolic OH excluding ortho intramolecular Hbond substituents is 1. The molecule has 1 rings (SSSR count). The van der Waals surface area contributed by atoms with E-state index in [4.69, 9.17) is 11.5 Å². The van der Waals surface area contributed by atoms with Gasteiger partial charge >= 0.3 is 0 Å². The molecule has 0 amide bonds. The average Bonchev–Trinajstić information content (AvgIpc) is 2.21. The number of carboxylic acids is 1. The molecule has 16 heavy (non-hydrogen) atoms. The lowest BCUT2D eigenvalue weighted by Gasteiger charge is -2.12. The number of carbonyl (C=O) groups excluding carboxylic acids is 2. The van der Waals surface area contributed by atoms with Crippen molar-refractivity contribution in [1.82, 2.24) is 0 Å². The third-order valence-corrected chi connectivity index (χ3v) is 2.09. The highest BCUT2D eigenvalue weighted by Gasteiger charge is 2.16. The molecule has 0 aliphatic rings. The highest BCUT2D eigenvalue weighted by Crippen LogP contribution is 2.24. The molecule has 0 aliphatic heterocycles. The van der Waals surface area contributed by atoms with Crippen molar-refractivity contribution in [3.8, 4) is 5.75 Å². The highest BCUT2D eigenvalue weighted by molar-refractivity contribution is 6.03. The molecule has 0 radical (unpaired) electrons. The standard InChI is InChI=1S/C10H12N2O4/c11-6(10(15)16)4-8(14)5-2-1-3-7(13)9(5)12/h1-3,6,13H,4,11-12H2,(H,15,16)/p-1/t6-/m0/s1. The molecule has 1 aromatic carbocycles. The van der Waals surface area contributed by atoms with E-state index >= 15 is 0 Å². The lowest BCUT2D eigenvalue weighted by Crippen LogP contribution is -2.43. The minimum Gasteiger partial charge on any atom is -0.548 e. The first kappa shape index (κ1) is 12.0. The number of rotatable bonds is 4. The Morgan fingerprint density at radius 1 is 1.44 bits per heavy atom. The molecule has 0 saturated carbocycles. The summed E-state index contributed by atoms with van der Waals surface area (Å²) in [7, 11) is 0. The molecule has 0 fully saturated rings. The van der Waals surface area contributed by atoms with Crippen molar-refractivity contribution in [2.45, 2.75) is 12.5 Å². The summed E-state index contributed by atoms with van der Waals surface area (Å²) in [5.41, 5.74) is 10.6. The number of aliphatic carboxylic acids is 1. The molecule has 1 aromatic rings. The Balaban J connectivity index is 2.89. The number of carboxylic acid groups (broad SMARTS) is 1. The molecule has 86 valence electrons. The Morgan fingerprint density at radius 2 is 2.06 bits per heavy atom. The molecular formula is C10H11N2O4-. The van der Waals surface area contributed by atoms with E-state index in [1.807, 2.05) is 0 Å². The summed E-state index contributed by atoms with van der Waals surface area (Å²) in [6, 6.07) is 2.77. The maximum Gasteiger partial charge on any atom is 0.167 e. The number of hydrogen-bond acceptors (Lipinski definition) is 6. The summed E-state index contributed by atoms with van der Waals surface area (Å²) in [5.74, 6) is -2.29. The molecule has 6 nitrogen and oxygen atoms in total. The molecular weight excluding hydrogens is 212 g/mol. The van der Waals surface area contributed by atoms with Crippen LogP contribution in [0, 0.1) is 0 Å². The molecule has 6 heteroatoms. The van der Waals surface area contributed by atoms with Gasteiger partial charge in [-0.1, -0.05) is 6.07 Å². The minimum absolute atomic E-state index is 0.0525. The first-order valence-electron chi connectivity index (χ1n) is 4.50. The SMILES string of the molecule is Nc1c(O)cccc1C(=O)C[C@H](N)C(=O)[O-]. The van der Waals surface area contributed by atoms with E-state index in [1.54, 1.807) is 0 Å². The number of para-hydroxylation sites is 1. The van der Waals surface area contributed by atoms with Crippen molar-refractivity contribution in [2.24, 2.45) is 5.73 Å². The monoisotopic (exact) mass is 223 g/mol. The van der Waals surface area contributed by atoms with Gasteiger partial charge in [0.05, 0.1) is 17.7 Å². The van der Waals surface area contributed by atoms with E-state index in [1.165, 1.54) is 18.2 Å². The molecule has 0 heterocycles. The van der Waals surface area contributed by atoms with Crippen LogP contribution < -0.4 is 16.6 Å². The third-order valence-electron chi connectivity index (χ3n) is 2.09. The van der Waals surface area contributed by atoms with Gasteiger partial charge in [0.25, 0.3) is 0 Å². The van der Waals surface area contributed by atoms with Gasteiger partial charge in [0, 0.05) is 12.0 Å². The first-order valence-corrected chi connectivity index (χ1v) is 4.50.